The minimum atomic E-state index is -0.407. The Hall–Kier alpha value is -2.89. The smallest absolute Gasteiger partial charge is 0.293 e. The molecule has 0 bridgehead atoms. The van der Waals surface area contributed by atoms with Crippen LogP contribution in [0.4, 0.5) is 17.1 Å². The summed E-state index contributed by atoms with van der Waals surface area (Å²) in [5.74, 6) is -0.170. The maximum Gasteiger partial charge on any atom is 0.293 e. The van der Waals surface area contributed by atoms with Crippen molar-refractivity contribution in [1.29, 1.82) is 0 Å². The molecule has 0 spiro atoms. The molecule has 0 amide bonds. The highest BCUT2D eigenvalue weighted by Gasteiger charge is 2.26. The number of nitrogens with one attached hydrogen (secondary N) is 1. The summed E-state index contributed by atoms with van der Waals surface area (Å²) in [5.41, 5.74) is 1.99. The predicted molar refractivity (Wildman–Crippen MR) is 98.4 cm³/mol. The van der Waals surface area contributed by atoms with Crippen molar-refractivity contribution in [2.45, 2.75) is 25.8 Å². The minimum Gasteiger partial charge on any atom is -0.381 e. The second kappa shape index (κ2) is 7.34. The van der Waals surface area contributed by atoms with Crippen LogP contribution in [-0.4, -0.2) is 29.8 Å². The van der Waals surface area contributed by atoms with Gasteiger partial charge < -0.3 is 10.2 Å². The third-order valence-electron chi connectivity index (χ3n) is 4.49. The maximum atomic E-state index is 11.5. The van der Waals surface area contributed by atoms with Gasteiger partial charge in [0.1, 0.15) is 5.69 Å². The van der Waals surface area contributed by atoms with Gasteiger partial charge in [-0.05, 0) is 44.0 Å². The van der Waals surface area contributed by atoms with Crippen molar-refractivity contribution in [3.8, 4) is 0 Å². The summed E-state index contributed by atoms with van der Waals surface area (Å²) in [6.07, 6.45) is 1.97. The highest BCUT2D eigenvalue weighted by molar-refractivity contribution is 5.95. The number of nitrogens with zero attached hydrogens (tertiary/aromatic N) is 2. The molecule has 1 N–H and O–H groups in total. The first kappa shape index (κ1) is 17.0. The van der Waals surface area contributed by atoms with Crippen LogP contribution in [0, 0.1) is 10.1 Å². The molecule has 6 heteroatoms. The van der Waals surface area contributed by atoms with Crippen molar-refractivity contribution in [2.24, 2.45) is 0 Å². The van der Waals surface area contributed by atoms with Gasteiger partial charge >= 0.3 is 0 Å². The Kier molecular flexibility index (Phi) is 4.97. The number of Topliss-reactive ketones (excluding diaryl/α,β-unsaturated/α-hetero) is 1. The third kappa shape index (κ3) is 3.96. The number of rotatable bonds is 5. The molecule has 2 aromatic carbocycles. The van der Waals surface area contributed by atoms with E-state index in [4.69, 9.17) is 0 Å². The zero-order valence-electron chi connectivity index (χ0n) is 14.1. The first-order valence-corrected chi connectivity index (χ1v) is 8.40. The van der Waals surface area contributed by atoms with Crippen molar-refractivity contribution in [1.82, 2.24) is 0 Å². The fourth-order valence-electron chi connectivity index (χ4n) is 3.24. The van der Waals surface area contributed by atoms with E-state index in [-0.39, 0.29) is 17.5 Å². The topological polar surface area (TPSA) is 75.5 Å². The van der Waals surface area contributed by atoms with Crippen molar-refractivity contribution >= 4 is 22.8 Å². The average molecular weight is 339 g/mol. The molecule has 130 valence electrons. The van der Waals surface area contributed by atoms with Crippen LogP contribution < -0.4 is 10.2 Å². The summed E-state index contributed by atoms with van der Waals surface area (Å²) in [6.45, 7) is 2.88. The van der Waals surface area contributed by atoms with Crippen LogP contribution in [0.15, 0.2) is 48.5 Å². The van der Waals surface area contributed by atoms with Crippen LogP contribution in [-0.2, 0) is 0 Å². The van der Waals surface area contributed by atoms with Gasteiger partial charge in [0.15, 0.2) is 5.78 Å². The number of nitro groups is 1. The quantitative estimate of drug-likeness (QED) is 0.508. The molecule has 6 nitrogen and oxygen atoms in total. The van der Waals surface area contributed by atoms with E-state index in [1.165, 1.54) is 13.0 Å². The van der Waals surface area contributed by atoms with E-state index in [1.807, 2.05) is 35.2 Å². The molecule has 0 aliphatic carbocycles. The standard InChI is InChI=1S/C19H21N3O3/c1-14(23)15-9-10-18(19(12-15)22(24)25)21-11-5-8-17(13-21)20-16-6-3-2-4-7-16/h2-4,6-7,9-10,12,17,20H,5,8,11,13H2,1H3. The normalized spacial score (nSPS) is 17.2. The molecule has 1 unspecified atom stereocenters. The second-order valence-corrected chi connectivity index (χ2v) is 6.31. The van der Waals surface area contributed by atoms with Gasteiger partial charge in [0.2, 0.25) is 0 Å². The summed E-state index contributed by atoms with van der Waals surface area (Å²) in [4.78, 5) is 24.6. The predicted octanol–water partition coefficient (Wildman–Crippen LogP) is 3.88. The molecule has 0 aromatic heterocycles. The summed E-state index contributed by atoms with van der Waals surface area (Å²) in [5, 5.41) is 15.0. The molecule has 1 saturated heterocycles. The zero-order chi connectivity index (χ0) is 17.8. The first-order valence-electron chi connectivity index (χ1n) is 8.40. The number of anilines is 2. The maximum absolute atomic E-state index is 11.5. The molecule has 1 fully saturated rings. The van der Waals surface area contributed by atoms with Crippen LogP contribution in [0.5, 0.6) is 0 Å². The first-order chi connectivity index (χ1) is 12.0. The molecule has 1 atom stereocenters. The van der Waals surface area contributed by atoms with Gasteiger partial charge in [-0.3, -0.25) is 14.9 Å². The lowest BCUT2D eigenvalue weighted by molar-refractivity contribution is -0.384. The highest BCUT2D eigenvalue weighted by Crippen LogP contribution is 2.32. The van der Waals surface area contributed by atoms with Gasteiger partial charge in [0.05, 0.1) is 4.92 Å². The van der Waals surface area contributed by atoms with Crippen molar-refractivity contribution < 1.29 is 9.72 Å². The lowest BCUT2D eigenvalue weighted by Crippen LogP contribution is -2.42. The Morgan fingerprint density at radius 3 is 2.68 bits per heavy atom. The fraction of sp³-hybridized carbons (Fsp3) is 0.316. The van der Waals surface area contributed by atoms with E-state index in [0.717, 1.165) is 25.1 Å². The van der Waals surface area contributed by atoms with E-state index >= 15 is 0 Å². The van der Waals surface area contributed by atoms with Gasteiger partial charge in [0.25, 0.3) is 5.69 Å². The van der Waals surface area contributed by atoms with Crippen molar-refractivity contribution in [3.05, 3.63) is 64.2 Å². The molecule has 0 saturated carbocycles. The fourth-order valence-corrected chi connectivity index (χ4v) is 3.24. The number of ketones is 1. The van der Waals surface area contributed by atoms with E-state index < -0.39 is 4.92 Å². The van der Waals surface area contributed by atoms with E-state index in [0.29, 0.717) is 17.8 Å². The van der Waals surface area contributed by atoms with Crippen molar-refractivity contribution in [2.75, 3.05) is 23.3 Å². The van der Waals surface area contributed by atoms with E-state index in [2.05, 4.69) is 5.32 Å². The summed E-state index contributed by atoms with van der Waals surface area (Å²) < 4.78 is 0. The van der Waals surface area contributed by atoms with Gasteiger partial charge in [-0.25, -0.2) is 0 Å². The monoisotopic (exact) mass is 339 g/mol. The third-order valence-corrected chi connectivity index (χ3v) is 4.49. The number of carbonyl (C=O) groups excluding carboxylic acids is 1. The van der Waals surface area contributed by atoms with E-state index in [9.17, 15) is 14.9 Å². The van der Waals surface area contributed by atoms with E-state index in [1.54, 1.807) is 12.1 Å². The number of nitro benzene ring substituents is 1. The van der Waals surface area contributed by atoms with Crippen LogP contribution in [0.25, 0.3) is 0 Å². The molecular formula is C19H21N3O3. The van der Waals surface area contributed by atoms with Gasteiger partial charge in [-0.2, -0.15) is 0 Å². The van der Waals surface area contributed by atoms with Crippen LogP contribution in [0.1, 0.15) is 30.1 Å². The number of hydrogen-bond donors (Lipinski definition) is 1. The lowest BCUT2D eigenvalue weighted by Gasteiger charge is -2.35. The van der Waals surface area contributed by atoms with Crippen LogP contribution in [0.2, 0.25) is 0 Å². The number of piperidine rings is 1. The Bertz CT molecular complexity index is 777. The minimum absolute atomic E-state index is 0.00642. The second-order valence-electron chi connectivity index (χ2n) is 6.31. The lowest BCUT2D eigenvalue weighted by atomic mass is 10.0. The summed E-state index contributed by atoms with van der Waals surface area (Å²) >= 11 is 0. The Morgan fingerprint density at radius 2 is 2.00 bits per heavy atom. The largest absolute Gasteiger partial charge is 0.381 e. The van der Waals surface area contributed by atoms with Gasteiger partial charge in [-0.15, -0.1) is 0 Å². The van der Waals surface area contributed by atoms with Crippen molar-refractivity contribution in [3.63, 3.8) is 0 Å². The van der Waals surface area contributed by atoms with Gasteiger partial charge in [-0.1, -0.05) is 18.2 Å². The molecule has 1 aliphatic heterocycles. The zero-order valence-corrected chi connectivity index (χ0v) is 14.1. The molecule has 3 rings (SSSR count). The molecule has 1 heterocycles. The molecule has 2 aromatic rings. The molecule has 0 radical (unpaired) electrons. The Labute approximate surface area is 146 Å². The number of carbonyl (C=O) groups is 1. The SMILES string of the molecule is CC(=O)c1ccc(N2CCCC(Nc3ccccc3)C2)c([N+](=O)[O-])c1. The Morgan fingerprint density at radius 1 is 1.24 bits per heavy atom. The van der Waals surface area contributed by atoms with Crippen LogP contribution in [0.3, 0.4) is 0 Å². The van der Waals surface area contributed by atoms with Gasteiger partial charge in [0, 0.05) is 36.4 Å². The summed E-state index contributed by atoms with van der Waals surface area (Å²) in [6, 6.07) is 14.9. The number of hydrogen-bond acceptors (Lipinski definition) is 5. The molecule has 25 heavy (non-hydrogen) atoms. The Balaban J connectivity index is 1.81. The average Bonchev–Trinajstić information content (AvgIpc) is 2.62. The van der Waals surface area contributed by atoms with Crippen LogP contribution >= 0.6 is 0 Å². The number of benzene rings is 2. The highest BCUT2D eigenvalue weighted by atomic mass is 16.6. The molecular weight excluding hydrogens is 318 g/mol. The summed E-state index contributed by atoms with van der Waals surface area (Å²) in [7, 11) is 0. The molecule has 1 aliphatic rings. The number of para-hydroxylation sites is 1.